The zero-order valence-corrected chi connectivity index (χ0v) is 8.95. The number of fused-ring (bicyclic) bond motifs is 2. The van der Waals surface area contributed by atoms with Gasteiger partial charge in [-0.25, -0.2) is 0 Å². The Labute approximate surface area is 89.8 Å². The summed E-state index contributed by atoms with van der Waals surface area (Å²) >= 11 is 0. The smallest absolute Gasteiger partial charge is 0.232 e. The molecule has 0 radical (unpaired) electrons. The summed E-state index contributed by atoms with van der Waals surface area (Å²) in [6.07, 6.45) is 3.18. The van der Waals surface area contributed by atoms with E-state index in [2.05, 4.69) is 11.8 Å². The van der Waals surface area contributed by atoms with Crippen molar-refractivity contribution in [2.75, 3.05) is 6.54 Å². The van der Waals surface area contributed by atoms with Crippen molar-refractivity contribution in [3.8, 4) is 11.8 Å². The average Bonchev–Trinajstić information content (AvgIpc) is 2.67. The average molecular weight is 205 g/mol. The molecule has 80 valence electrons. The van der Waals surface area contributed by atoms with Crippen LogP contribution in [0.2, 0.25) is 0 Å². The number of piperidine rings is 1. The van der Waals surface area contributed by atoms with E-state index in [0.717, 1.165) is 19.3 Å². The van der Waals surface area contributed by atoms with Gasteiger partial charge in [0.15, 0.2) is 0 Å². The van der Waals surface area contributed by atoms with Crippen LogP contribution in [0.15, 0.2) is 0 Å². The molecule has 2 atom stereocenters. The molecule has 15 heavy (non-hydrogen) atoms. The summed E-state index contributed by atoms with van der Waals surface area (Å²) in [5.41, 5.74) is 0. The highest BCUT2D eigenvalue weighted by atomic mass is 16.2. The molecule has 0 aromatic carbocycles. The van der Waals surface area contributed by atoms with E-state index in [1.54, 1.807) is 6.92 Å². The third kappa shape index (κ3) is 1.77. The van der Waals surface area contributed by atoms with Gasteiger partial charge in [0.2, 0.25) is 11.8 Å². The largest absolute Gasteiger partial charge is 0.281 e. The van der Waals surface area contributed by atoms with E-state index in [4.69, 9.17) is 0 Å². The third-order valence-corrected chi connectivity index (χ3v) is 3.30. The summed E-state index contributed by atoms with van der Waals surface area (Å²) < 4.78 is 0. The topological polar surface area (TPSA) is 37.4 Å². The number of imide groups is 1. The second-order valence-electron chi connectivity index (χ2n) is 4.21. The highest BCUT2D eigenvalue weighted by Gasteiger charge is 2.44. The molecule has 3 heteroatoms. The lowest BCUT2D eigenvalue weighted by atomic mass is 9.97. The number of rotatable bonds is 2. The Kier molecular flexibility index (Phi) is 2.77. The van der Waals surface area contributed by atoms with Gasteiger partial charge >= 0.3 is 0 Å². The van der Waals surface area contributed by atoms with Crippen molar-refractivity contribution in [3.05, 3.63) is 0 Å². The monoisotopic (exact) mass is 205 g/mol. The quantitative estimate of drug-likeness (QED) is 0.501. The van der Waals surface area contributed by atoms with Gasteiger partial charge in [0, 0.05) is 24.8 Å². The minimum atomic E-state index is 0.0339. The number of nitrogens with zero attached hydrogens (tertiary/aromatic N) is 1. The number of hydrogen-bond acceptors (Lipinski definition) is 2. The van der Waals surface area contributed by atoms with Gasteiger partial charge in [0.25, 0.3) is 0 Å². The van der Waals surface area contributed by atoms with Crippen LogP contribution in [-0.4, -0.2) is 23.3 Å². The van der Waals surface area contributed by atoms with Crippen LogP contribution in [0.4, 0.5) is 0 Å². The second kappa shape index (κ2) is 4.06. The van der Waals surface area contributed by atoms with Crippen LogP contribution in [0.25, 0.3) is 0 Å². The Morgan fingerprint density at radius 1 is 1.27 bits per heavy atom. The fraction of sp³-hybridized carbons (Fsp3) is 0.667. The highest BCUT2D eigenvalue weighted by Crippen LogP contribution is 2.37. The number of likely N-dealkylation sites (tertiary alicyclic amines) is 1. The molecule has 1 aliphatic heterocycles. The normalized spacial score (nSPS) is 29.0. The maximum Gasteiger partial charge on any atom is 0.232 e. The van der Waals surface area contributed by atoms with Crippen molar-refractivity contribution in [1.82, 2.24) is 4.90 Å². The lowest BCUT2D eigenvalue weighted by molar-refractivity contribution is -0.152. The van der Waals surface area contributed by atoms with Gasteiger partial charge in [-0.2, -0.15) is 0 Å². The maximum atomic E-state index is 11.8. The van der Waals surface area contributed by atoms with E-state index < -0.39 is 0 Å². The molecule has 2 rings (SSSR count). The molecule has 0 aromatic heterocycles. The van der Waals surface area contributed by atoms with Crippen LogP contribution in [0, 0.1) is 23.7 Å². The summed E-state index contributed by atoms with van der Waals surface area (Å²) in [6, 6.07) is 0. The molecule has 1 saturated heterocycles. The van der Waals surface area contributed by atoms with E-state index in [1.807, 2.05) is 0 Å². The first-order chi connectivity index (χ1) is 7.24. The third-order valence-electron chi connectivity index (χ3n) is 3.30. The summed E-state index contributed by atoms with van der Waals surface area (Å²) in [7, 11) is 0. The Balaban J connectivity index is 2.05. The Bertz CT molecular complexity index is 328. The lowest BCUT2D eigenvalue weighted by Crippen LogP contribution is -2.46. The molecule has 2 bridgehead atoms. The van der Waals surface area contributed by atoms with Crippen molar-refractivity contribution < 1.29 is 9.59 Å². The number of amides is 2. The SMILES string of the molecule is CC#CCCN1C(=O)C2CCC(C2)C1=O. The molecule has 2 fully saturated rings. The molecule has 0 N–H and O–H groups in total. The van der Waals surface area contributed by atoms with Crippen molar-refractivity contribution in [3.63, 3.8) is 0 Å². The van der Waals surface area contributed by atoms with E-state index in [-0.39, 0.29) is 23.7 Å². The molecule has 0 aromatic rings. The summed E-state index contributed by atoms with van der Waals surface area (Å²) in [6.45, 7) is 2.25. The molecule has 0 spiro atoms. The number of carbonyl (C=O) groups is 2. The van der Waals surface area contributed by atoms with Crippen molar-refractivity contribution >= 4 is 11.8 Å². The van der Waals surface area contributed by atoms with E-state index >= 15 is 0 Å². The zero-order valence-electron chi connectivity index (χ0n) is 8.95. The van der Waals surface area contributed by atoms with Crippen LogP contribution >= 0.6 is 0 Å². The van der Waals surface area contributed by atoms with Gasteiger partial charge in [-0.3, -0.25) is 14.5 Å². The Morgan fingerprint density at radius 2 is 1.87 bits per heavy atom. The van der Waals surface area contributed by atoms with Gasteiger partial charge in [-0.1, -0.05) is 0 Å². The highest BCUT2D eigenvalue weighted by molar-refractivity contribution is 6.00. The molecule has 2 amide bonds. The summed E-state index contributed by atoms with van der Waals surface area (Å²) in [5.74, 6) is 5.96. The van der Waals surface area contributed by atoms with Crippen molar-refractivity contribution in [2.24, 2.45) is 11.8 Å². The molecular weight excluding hydrogens is 190 g/mol. The van der Waals surface area contributed by atoms with Gasteiger partial charge in [0.05, 0.1) is 0 Å². The molecule has 2 unspecified atom stereocenters. The fourth-order valence-electron chi connectivity index (χ4n) is 2.49. The van der Waals surface area contributed by atoms with Crippen LogP contribution in [0.5, 0.6) is 0 Å². The molecule has 3 nitrogen and oxygen atoms in total. The Hall–Kier alpha value is -1.30. The Morgan fingerprint density at radius 3 is 2.40 bits per heavy atom. The van der Waals surface area contributed by atoms with E-state index in [0.29, 0.717) is 13.0 Å². The second-order valence-corrected chi connectivity index (χ2v) is 4.21. The van der Waals surface area contributed by atoms with E-state index in [1.165, 1.54) is 4.90 Å². The van der Waals surface area contributed by atoms with Crippen LogP contribution in [-0.2, 0) is 9.59 Å². The molecule has 1 saturated carbocycles. The number of carbonyl (C=O) groups excluding carboxylic acids is 2. The standard InChI is InChI=1S/C12H15NO2/c1-2-3-4-7-13-11(14)9-5-6-10(8-9)12(13)15/h9-10H,4-8H2,1H3. The molecule has 1 aliphatic carbocycles. The first-order valence-electron chi connectivity index (χ1n) is 5.49. The molecule has 1 heterocycles. The van der Waals surface area contributed by atoms with Crippen LogP contribution in [0.3, 0.4) is 0 Å². The zero-order chi connectivity index (χ0) is 10.8. The van der Waals surface area contributed by atoms with E-state index in [9.17, 15) is 9.59 Å². The molecule has 2 aliphatic rings. The minimum absolute atomic E-state index is 0.0339. The van der Waals surface area contributed by atoms with Crippen molar-refractivity contribution in [1.29, 1.82) is 0 Å². The predicted molar refractivity (Wildman–Crippen MR) is 55.6 cm³/mol. The van der Waals surface area contributed by atoms with Gasteiger partial charge in [-0.05, 0) is 26.2 Å². The van der Waals surface area contributed by atoms with Crippen molar-refractivity contribution in [2.45, 2.75) is 32.6 Å². The minimum Gasteiger partial charge on any atom is -0.281 e. The number of hydrogen-bond donors (Lipinski definition) is 0. The summed E-state index contributed by atoms with van der Waals surface area (Å²) in [4.78, 5) is 25.1. The first-order valence-corrected chi connectivity index (χ1v) is 5.49. The predicted octanol–water partition coefficient (Wildman–Crippen LogP) is 1.18. The van der Waals surface area contributed by atoms with Crippen LogP contribution < -0.4 is 0 Å². The molecular formula is C12H15NO2. The first kappa shape index (κ1) is 10.2. The van der Waals surface area contributed by atoms with Gasteiger partial charge in [0.1, 0.15) is 0 Å². The van der Waals surface area contributed by atoms with Gasteiger partial charge in [-0.15, -0.1) is 11.8 Å². The van der Waals surface area contributed by atoms with Crippen LogP contribution in [0.1, 0.15) is 32.6 Å². The summed E-state index contributed by atoms with van der Waals surface area (Å²) in [5, 5.41) is 0. The lowest BCUT2D eigenvalue weighted by Gasteiger charge is -2.29. The van der Waals surface area contributed by atoms with Gasteiger partial charge < -0.3 is 0 Å². The maximum absolute atomic E-state index is 11.8. The fourth-order valence-corrected chi connectivity index (χ4v) is 2.49.